The maximum absolute atomic E-state index is 12.9. The molecule has 0 aliphatic heterocycles. The molecule has 0 spiro atoms. The molecule has 1 nitrogen and oxygen atoms in total. The Morgan fingerprint density at radius 1 is 0.421 bits per heavy atom. The molecule has 0 N–H and O–H groups in total. The molecular weight excluding hydrogens is 479 g/mol. The lowest BCUT2D eigenvalue weighted by atomic mass is 9.96. The quantitative estimate of drug-likeness (QED) is 0.234. The van der Waals surface area contributed by atoms with Crippen LogP contribution in [0.25, 0.3) is 55.4 Å². The van der Waals surface area contributed by atoms with Crippen molar-refractivity contribution in [1.82, 2.24) is 4.98 Å². The fourth-order valence-electron chi connectivity index (χ4n) is 4.68. The highest BCUT2D eigenvalue weighted by Crippen LogP contribution is 2.33. The number of benzene rings is 5. The zero-order valence-electron chi connectivity index (χ0n) is 20.3. The number of aromatic nitrogens is 1. The summed E-state index contributed by atoms with van der Waals surface area (Å²) in [5.41, 5.74) is 7.47. The standard InChI is InChI=1S/C34H22F3N/c35-34(36,37)32-18-16-24(17-19-32)23-4-6-25(7-5-23)28-12-14-31-22-29(13-15-30(31)21-28)26-8-10-27(11-9-26)33-3-1-2-20-38-33/h1-22H. The number of pyridine rings is 1. The third-order valence-corrected chi connectivity index (χ3v) is 6.78. The van der Waals surface area contributed by atoms with Crippen LogP contribution in [0, 0.1) is 0 Å². The maximum Gasteiger partial charge on any atom is 0.416 e. The number of fused-ring (bicyclic) bond motifs is 1. The molecule has 0 saturated carbocycles. The Bertz CT molecular complexity index is 1700. The third kappa shape index (κ3) is 4.81. The highest BCUT2D eigenvalue weighted by Gasteiger charge is 2.29. The average Bonchev–Trinajstić information content (AvgIpc) is 2.97. The molecule has 0 aliphatic carbocycles. The van der Waals surface area contributed by atoms with Gasteiger partial charge in [-0.1, -0.05) is 91.0 Å². The minimum absolute atomic E-state index is 0.640. The van der Waals surface area contributed by atoms with Crippen molar-refractivity contribution in [1.29, 1.82) is 0 Å². The first-order chi connectivity index (χ1) is 18.4. The van der Waals surface area contributed by atoms with Crippen LogP contribution in [0.15, 0.2) is 134 Å². The Balaban J connectivity index is 1.23. The molecule has 0 saturated heterocycles. The summed E-state index contributed by atoms with van der Waals surface area (Å²) in [4.78, 5) is 4.42. The topological polar surface area (TPSA) is 12.9 Å². The SMILES string of the molecule is FC(F)(F)c1ccc(-c2ccc(-c3ccc4cc(-c5ccc(-c6ccccn6)cc5)ccc4c3)cc2)cc1. The van der Waals surface area contributed by atoms with Crippen molar-refractivity contribution in [3.8, 4) is 44.6 Å². The summed E-state index contributed by atoms with van der Waals surface area (Å²) < 4.78 is 38.6. The van der Waals surface area contributed by atoms with E-state index in [4.69, 9.17) is 0 Å². The molecule has 4 heteroatoms. The van der Waals surface area contributed by atoms with E-state index in [1.165, 1.54) is 12.1 Å². The van der Waals surface area contributed by atoms with Crippen LogP contribution in [0.2, 0.25) is 0 Å². The molecule has 0 fully saturated rings. The summed E-state index contributed by atoms with van der Waals surface area (Å²) >= 11 is 0. The molecule has 6 aromatic rings. The fourth-order valence-corrected chi connectivity index (χ4v) is 4.68. The maximum atomic E-state index is 12.9. The minimum atomic E-state index is -4.33. The summed E-state index contributed by atoms with van der Waals surface area (Å²) in [6.07, 6.45) is -2.53. The van der Waals surface area contributed by atoms with Gasteiger partial charge in [0.25, 0.3) is 0 Å². The number of hydrogen-bond donors (Lipinski definition) is 0. The van der Waals surface area contributed by atoms with Crippen LogP contribution in [-0.2, 0) is 6.18 Å². The van der Waals surface area contributed by atoms with E-state index < -0.39 is 11.7 Å². The van der Waals surface area contributed by atoms with Gasteiger partial charge >= 0.3 is 6.18 Å². The van der Waals surface area contributed by atoms with Crippen LogP contribution < -0.4 is 0 Å². The van der Waals surface area contributed by atoms with Gasteiger partial charge in [-0.25, -0.2) is 0 Å². The minimum Gasteiger partial charge on any atom is -0.256 e. The van der Waals surface area contributed by atoms with Crippen LogP contribution in [0.4, 0.5) is 13.2 Å². The normalized spacial score (nSPS) is 11.6. The molecule has 0 unspecified atom stereocenters. The summed E-state index contributed by atoms with van der Waals surface area (Å²) in [7, 11) is 0. The van der Waals surface area contributed by atoms with Crippen molar-refractivity contribution in [2.45, 2.75) is 6.18 Å². The Hall–Kier alpha value is -4.70. The van der Waals surface area contributed by atoms with Crippen LogP contribution in [0.1, 0.15) is 5.56 Å². The lowest BCUT2D eigenvalue weighted by molar-refractivity contribution is -0.137. The van der Waals surface area contributed by atoms with E-state index in [2.05, 4.69) is 65.6 Å². The van der Waals surface area contributed by atoms with Gasteiger partial charge in [0.1, 0.15) is 0 Å². The number of rotatable bonds is 4. The van der Waals surface area contributed by atoms with Gasteiger partial charge in [-0.2, -0.15) is 13.2 Å². The Morgan fingerprint density at radius 2 is 0.842 bits per heavy atom. The zero-order chi connectivity index (χ0) is 26.1. The van der Waals surface area contributed by atoms with Gasteiger partial charge in [0.15, 0.2) is 0 Å². The second-order valence-electron chi connectivity index (χ2n) is 9.22. The summed E-state index contributed by atoms with van der Waals surface area (Å²) in [5, 5.41) is 2.30. The molecule has 0 bridgehead atoms. The lowest BCUT2D eigenvalue weighted by Gasteiger charge is -2.10. The van der Waals surface area contributed by atoms with Gasteiger partial charge in [0, 0.05) is 11.8 Å². The monoisotopic (exact) mass is 501 g/mol. The van der Waals surface area contributed by atoms with E-state index in [9.17, 15) is 13.2 Å². The van der Waals surface area contributed by atoms with Crippen LogP contribution in [0.5, 0.6) is 0 Å². The Kier molecular flexibility index (Phi) is 6.01. The molecule has 6 rings (SSSR count). The van der Waals surface area contributed by atoms with E-state index in [1.807, 2.05) is 42.5 Å². The van der Waals surface area contributed by atoms with Crippen molar-refractivity contribution in [2.75, 3.05) is 0 Å². The molecule has 0 aliphatic rings. The molecule has 1 aromatic heterocycles. The molecule has 0 amide bonds. The number of halogens is 3. The average molecular weight is 502 g/mol. The van der Waals surface area contributed by atoms with E-state index >= 15 is 0 Å². The van der Waals surface area contributed by atoms with Crippen molar-refractivity contribution >= 4 is 10.8 Å². The van der Waals surface area contributed by atoms with E-state index in [1.54, 1.807) is 6.20 Å². The lowest BCUT2D eigenvalue weighted by Crippen LogP contribution is -2.03. The number of nitrogens with zero attached hydrogens (tertiary/aromatic N) is 1. The largest absolute Gasteiger partial charge is 0.416 e. The van der Waals surface area contributed by atoms with Crippen molar-refractivity contribution < 1.29 is 13.2 Å². The van der Waals surface area contributed by atoms with Crippen molar-refractivity contribution in [3.63, 3.8) is 0 Å². The first-order valence-electron chi connectivity index (χ1n) is 12.3. The van der Waals surface area contributed by atoms with Crippen molar-refractivity contribution in [3.05, 3.63) is 139 Å². The Labute approximate surface area is 218 Å². The second-order valence-corrected chi connectivity index (χ2v) is 9.22. The molecule has 0 radical (unpaired) electrons. The second kappa shape index (κ2) is 9.64. The molecular formula is C34H22F3N. The van der Waals surface area contributed by atoms with Crippen LogP contribution in [0.3, 0.4) is 0 Å². The number of hydrogen-bond acceptors (Lipinski definition) is 1. The summed E-state index contributed by atoms with van der Waals surface area (Å²) in [6.45, 7) is 0. The molecule has 1 heterocycles. The predicted octanol–water partition coefficient (Wildman–Crippen LogP) is 9.92. The molecule has 5 aromatic carbocycles. The first kappa shape index (κ1) is 23.7. The highest BCUT2D eigenvalue weighted by molar-refractivity contribution is 5.91. The summed E-state index contributed by atoms with van der Waals surface area (Å²) in [6, 6.07) is 40.4. The Morgan fingerprint density at radius 3 is 1.29 bits per heavy atom. The van der Waals surface area contributed by atoms with E-state index in [0.717, 1.165) is 67.5 Å². The molecule has 38 heavy (non-hydrogen) atoms. The molecule has 0 atom stereocenters. The zero-order valence-corrected chi connectivity index (χ0v) is 20.3. The number of alkyl halides is 3. The van der Waals surface area contributed by atoms with Gasteiger partial charge in [0.2, 0.25) is 0 Å². The van der Waals surface area contributed by atoms with Gasteiger partial charge in [0.05, 0.1) is 11.3 Å². The smallest absolute Gasteiger partial charge is 0.256 e. The third-order valence-electron chi connectivity index (χ3n) is 6.78. The molecule has 184 valence electrons. The van der Waals surface area contributed by atoms with Gasteiger partial charge in [-0.3, -0.25) is 4.98 Å². The van der Waals surface area contributed by atoms with Crippen LogP contribution in [-0.4, -0.2) is 4.98 Å². The van der Waals surface area contributed by atoms with Gasteiger partial charge < -0.3 is 0 Å². The van der Waals surface area contributed by atoms with E-state index in [0.29, 0.717) is 0 Å². The van der Waals surface area contributed by atoms with Crippen molar-refractivity contribution in [2.24, 2.45) is 0 Å². The van der Waals surface area contributed by atoms with Gasteiger partial charge in [-0.05, 0) is 80.6 Å². The van der Waals surface area contributed by atoms with E-state index in [-0.39, 0.29) is 0 Å². The first-order valence-corrected chi connectivity index (χ1v) is 12.3. The summed E-state index contributed by atoms with van der Waals surface area (Å²) in [5.74, 6) is 0. The van der Waals surface area contributed by atoms with Crippen LogP contribution >= 0.6 is 0 Å². The van der Waals surface area contributed by atoms with Gasteiger partial charge in [-0.15, -0.1) is 0 Å². The fraction of sp³-hybridized carbons (Fsp3) is 0.0294. The predicted molar refractivity (Wildman–Crippen MR) is 148 cm³/mol. The highest BCUT2D eigenvalue weighted by atomic mass is 19.4.